The molecule has 128 valence electrons. The number of rotatable bonds is 4. The highest BCUT2D eigenvalue weighted by atomic mass is 35.6. The van der Waals surface area contributed by atoms with Crippen LogP contribution in [-0.4, -0.2) is 22.3 Å². The van der Waals surface area contributed by atoms with E-state index in [0.717, 1.165) is 16.9 Å². The molecule has 0 atom stereocenters. The van der Waals surface area contributed by atoms with Gasteiger partial charge in [-0.1, -0.05) is 58.5 Å². The molecule has 0 unspecified atom stereocenters. The molecule has 24 heavy (non-hydrogen) atoms. The maximum Gasteiger partial charge on any atom is 0.341 e. The molecule has 9 heteroatoms. The molecule has 1 amide bonds. The van der Waals surface area contributed by atoms with E-state index >= 15 is 0 Å². The molecule has 0 fully saturated rings. The molecular weight excluding hydrogens is 416 g/mol. The fraction of sp³-hybridized carbons (Fsp3) is 0.200. The normalized spacial score (nSPS) is 11.2. The van der Waals surface area contributed by atoms with E-state index < -0.39 is 15.7 Å². The molecule has 0 aliphatic carbocycles. The van der Waals surface area contributed by atoms with Crippen molar-refractivity contribution in [2.75, 3.05) is 11.9 Å². The van der Waals surface area contributed by atoms with E-state index in [0.29, 0.717) is 10.6 Å². The number of alkyl halides is 3. The Morgan fingerprint density at radius 1 is 1.21 bits per heavy atom. The lowest BCUT2D eigenvalue weighted by molar-refractivity contribution is -0.115. The van der Waals surface area contributed by atoms with E-state index in [9.17, 15) is 9.59 Å². The first-order chi connectivity index (χ1) is 11.2. The predicted octanol–water partition coefficient (Wildman–Crippen LogP) is 5.55. The van der Waals surface area contributed by atoms with E-state index in [1.807, 2.05) is 0 Å². The van der Waals surface area contributed by atoms with Crippen molar-refractivity contribution in [3.8, 4) is 11.1 Å². The first-order valence-corrected chi connectivity index (χ1v) is 9.06. The summed E-state index contributed by atoms with van der Waals surface area (Å²) in [5, 5.41) is 4.97. The van der Waals surface area contributed by atoms with E-state index in [1.165, 1.54) is 0 Å². The number of halogens is 4. The average molecular weight is 427 g/mol. The number of anilines is 1. The number of ether oxygens (including phenoxy) is 1. The van der Waals surface area contributed by atoms with Gasteiger partial charge in [0, 0.05) is 16.0 Å². The second kappa shape index (κ2) is 7.93. The summed E-state index contributed by atoms with van der Waals surface area (Å²) in [5.41, 5.74) is 1.54. The van der Waals surface area contributed by atoms with Gasteiger partial charge in [-0.15, -0.1) is 11.3 Å². The van der Waals surface area contributed by atoms with Crippen molar-refractivity contribution in [3.05, 3.63) is 40.2 Å². The molecule has 0 aliphatic rings. The van der Waals surface area contributed by atoms with Crippen LogP contribution in [0, 0.1) is 0 Å². The zero-order valence-electron chi connectivity index (χ0n) is 12.2. The minimum atomic E-state index is -2.14. The molecular formula is C15H11Cl4NO3S. The first-order valence-electron chi connectivity index (χ1n) is 6.66. The summed E-state index contributed by atoms with van der Waals surface area (Å²) < 4.78 is 2.93. The van der Waals surface area contributed by atoms with Crippen LogP contribution < -0.4 is 5.32 Å². The Kier molecular flexibility index (Phi) is 6.39. The van der Waals surface area contributed by atoms with Crippen molar-refractivity contribution in [3.63, 3.8) is 0 Å². The Labute approximate surface area is 162 Å². The summed E-state index contributed by atoms with van der Waals surface area (Å²) in [5.74, 6) is -1.44. The Bertz CT molecular complexity index is 753. The molecule has 1 N–H and O–H groups in total. The molecule has 1 heterocycles. The second-order valence-corrected chi connectivity index (χ2v) is 8.13. The van der Waals surface area contributed by atoms with E-state index in [1.54, 1.807) is 36.6 Å². The molecule has 0 radical (unpaired) electrons. The van der Waals surface area contributed by atoms with Gasteiger partial charge in [-0.25, -0.2) is 4.79 Å². The Morgan fingerprint density at radius 3 is 2.38 bits per heavy atom. The molecule has 0 aliphatic heterocycles. The van der Waals surface area contributed by atoms with Crippen LogP contribution >= 0.6 is 57.7 Å². The highest BCUT2D eigenvalue weighted by Gasteiger charge is 2.33. The van der Waals surface area contributed by atoms with Gasteiger partial charge in [0.1, 0.15) is 10.6 Å². The zero-order valence-corrected chi connectivity index (χ0v) is 16.1. The van der Waals surface area contributed by atoms with Gasteiger partial charge in [-0.05, 0) is 24.6 Å². The van der Waals surface area contributed by atoms with Gasteiger partial charge < -0.3 is 10.1 Å². The number of nitrogens with one attached hydrogen (secondary N) is 1. The standard InChI is InChI=1S/C15H11Cl4NO3S/c1-2-23-13(21)11-10(8-3-5-9(16)6-4-8)7-24-12(11)20-14(22)15(17,18)19/h3-7H,2H2,1H3,(H,20,22). The maximum atomic E-state index is 12.3. The number of benzene rings is 1. The minimum Gasteiger partial charge on any atom is -0.462 e. The average Bonchev–Trinajstić information content (AvgIpc) is 2.91. The monoisotopic (exact) mass is 425 g/mol. The lowest BCUT2D eigenvalue weighted by Gasteiger charge is -2.12. The van der Waals surface area contributed by atoms with Crippen LogP contribution in [0.2, 0.25) is 5.02 Å². The summed E-state index contributed by atoms with van der Waals surface area (Å²) in [6.45, 7) is 1.87. The van der Waals surface area contributed by atoms with Crippen LogP contribution in [0.3, 0.4) is 0 Å². The van der Waals surface area contributed by atoms with Crippen LogP contribution in [0.4, 0.5) is 5.00 Å². The quantitative estimate of drug-likeness (QED) is 0.514. The fourth-order valence-electron chi connectivity index (χ4n) is 1.87. The number of amides is 1. The van der Waals surface area contributed by atoms with Crippen molar-refractivity contribution >= 4 is 74.6 Å². The molecule has 0 saturated carbocycles. The highest BCUT2D eigenvalue weighted by Crippen LogP contribution is 2.38. The van der Waals surface area contributed by atoms with Crippen molar-refractivity contribution in [1.29, 1.82) is 0 Å². The predicted molar refractivity (Wildman–Crippen MR) is 99.6 cm³/mol. The lowest BCUT2D eigenvalue weighted by Crippen LogP contribution is -2.27. The number of esters is 1. The maximum absolute atomic E-state index is 12.3. The first kappa shape index (κ1) is 19.3. The third-order valence-electron chi connectivity index (χ3n) is 2.91. The zero-order chi connectivity index (χ0) is 17.9. The van der Waals surface area contributed by atoms with Crippen LogP contribution in [0.25, 0.3) is 11.1 Å². The minimum absolute atomic E-state index is 0.187. The fourth-order valence-corrected chi connectivity index (χ4v) is 3.09. The van der Waals surface area contributed by atoms with Crippen LogP contribution in [0.15, 0.2) is 29.6 Å². The summed E-state index contributed by atoms with van der Waals surface area (Å²) >= 11 is 23.7. The van der Waals surface area contributed by atoms with Crippen molar-refractivity contribution in [2.45, 2.75) is 10.7 Å². The molecule has 4 nitrogen and oxygen atoms in total. The number of carbonyl (C=O) groups is 2. The van der Waals surface area contributed by atoms with Gasteiger partial charge in [0.2, 0.25) is 0 Å². The Balaban J connectivity index is 2.47. The third kappa shape index (κ3) is 4.55. The topological polar surface area (TPSA) is 55.4 Å². The van der Waals surface area contributed by atoms with Crippen molar-refractivity contribution in [2.24, 2.45) is 0 Å². The van der Waals surface area contributed by atoms with Crippen LogP contribution in [-0.2, 0) is 9.53 Å². The Hall–Kier alpha value is -0.980. The lowest BCUT2D eigenvalue weighted by atomic mass is 10.0. The van der Waals surface area contributed by atoms with Crippen molar-refractivity contribution in [1.82, 2.24) is 0 Å². The van der Waals surface area contributed by atoms with E-state index in [2.05, 4.69) is 5.32 Å². The van der Waals surface area contributed by atoms with Gasteiger partial charge in [0.25, 0.3) is 9.70 Å². The van der Waals surface area contributed by atoms with Crippen LogP contribution in [0.1, 0.15) is 17.3 Å². The molecule has 0 saturated heterocycles. The SMILES string of the molecule is CCOC(=O)c1c(-c2ccc(Cl)cc2)csc1NC(=O)C(Cl)(Cl)Cl. The number of carbonyl (C=O) groups excluding carboxylic acids is 2. The van der Waals surface area contributed by atoms with Crippen molar-refractivity contribution < 1.29 is 14.3 Å². The summed E-state index contributed by atoms with van der Waals surface area (Å²) in [7, 11) is 0. The van der Waals surface area contributed by atoms with Gasteiger partial charge in [0.05, 0.1) is 6.61 Å². The molecule has 0 bridgehead atoms. The molecule has 0 spiro atoms. The summed E-state index contributed by atoms with van der Waals surface area (Å²) in [6, 6.07) is 6.91. The summed E-state index contributed by atoms with van der Waals surface area (Å²) in [4.78, 5) is 24.2. The number of hydrogen-bond donors (Lipinski definition) is 1. The van der Waals surface area contributed by atoms with E-state index in [-0.39, 0.29) is 17.2 Å². The smallest absolute Gasteiger partial charge is 0.341 e. The van der Waals surface area contributed by atoms with Gasteiger partial charge in [-0.2, -0.15) is 0 Å². The molecule has 1 aromatic carbocycles. The molecule has 2 rings (SSSR count). The van der Waals surface area contributed by atoms with E-state index in [4.69, 9.17) is 51.1 Å². The molecule has 1 aromatic heterocycles. The largest absolute Gasteiger partial charge is 0.462 e. The Morgan fingerprint density at radius 2 is 1.83 bits per heavy atom. The van der Waals surface area contributed by atoms with Gasteiger partial charge >= 0.3 is 5.97 Å². The van der Waals surface area contributed by atoms with Gasteiger partial charge in [-0.3, -0.25) is 4.79 Å². The van der Waals surface area contributed by atoms with Gasteiger partial charge in [0.15, 0.2) is 0 Å². The second-order valence-electron chi connectivity index (χ2n) is 4.53. The number of thiophene rings is 1. The molecule has 2 aromatic rings. The summed E-state index contributed by atoms with van der Waals surface area (Å²) in [6.07, 6.45) is 0. The third-order valence-corrected chi connectivity index (χ3v) is 4.57. The highest BCUT2D eigenvalue weighted by molar-refractivity contribution is 7.15. The van der Waals surface area contributed by atoms with Crippen LogP contribution in [0.5, 0.6) is 0 Å². The number of hydrogen-bond acceptors (Lipinski definition) is 4.